The zero-order valence-electron chi connectivity index (χ0n) is 15.7. The van der Waals surface area contributed by atoms with Gasteiger partial charge in [0.15, 0.2) is 0 Å². The highest BCUT2D eigenvalue weighted by Gasteiger charge is 2.25. The monoisotopic (exact) mass is 398 g/mol. The summed E-state index contributed by atoms with van der Waals surface area (Å²) in [7, 11) is 0. The van der Waals surface area contributed by atoms with Gasteiger partial charge in [-0.15, -0.1) is 0 Å². The number of amides is 2. The van der Waals surface area contributed by atoms with E-state index in [1.54, 1.807) is 12.1 Å². The third-order valence-electron chi connectivity index (χ3n) is 4.45. The number of nitrogens with one attached hydrogen (secondary N) is 3. The Bertz CT molecular complexity index is 910. The summed E-state index contributed by atoms with van der Waals surface area (Å²) in [6.07, 6.45) is 2.48. The fraction of sp³-hybridized carbons (Fsp3) is 0.300. The van der Waals surface area contributed by atoms with E-state index in [1.807, 2.05) is 0 Å². The number of nitrogens with zero attached hydrogens (tertiary/aromatic N) is 1. The van der Waals surface area contributed by atoms with E-state index in [4.69, 9.17) is 0 Å². The molecule has 9 nitrogen and oxygen atoms in total. The molecule has 2 aromatic carbocycles. The molecule has 3 rings (SSSR count). The average molecular weight is 398 g/mol. The fourth-order valence-corrected chi connectivity index (χ4v) is 2.70. The first-order valence-electron chi connectivity index (χ1n) is 9.34. The lowest BCUT2D eigenvalue weighted by Gasteiger charge is -2.09. The van der Waals surface area contributed by atoms with Crippen LogP contribution in [0.2, 0.25) is 0 Å². The Kier molecular flexibility index (Phi) is 6.28. The minimum Gasteiger partial charge on any atom is -0.508 e. The largest absolute Gasteiger partial charge is 0.508 e. The minimum atomic E-state index is -0.500. The Morgan fingerprint density at radius 1 is 1.00 bits per heavy atom. The lowest BCUT2D eigenvalue weighted by atomic mass is 10.1. The normalized spacial score (nSPS) is 12.8. The SMILES string of the molecule is O=C(NCCCNC(=O)c1ccc(NC2CC2)c([N+](=O)[O-])c1)c1ccc(O)cc1. The van der Waals surface area contributed by atoms with E-state index in [9.17, 15) is 24.8 Å². The number of nitro benzene ring substituents is 1. The summed E-state index contributed by atoms with van der Waals surface area (Å²) in [6, 6.07) is 10.5. The van der Waals surface area contributed by atoms with Gasteiger partial charge < -0.3 is 21.1 Å². The van der Waals surface area contributed by atoms with Crippen LogP contribution >= 0.6 is 0 Å². The van der Waals surface area contributed by atoms with E-state index < -0.39 is 10.8 Å². The van der Waals surface area contributed by atoms with Gasteiger partial charge in [0.2, 0.25) is 0 Å². The van der Waals surface area contributed by atoms with Gasteiger partial charge in [-0.1, -0.05) is 0 Å². The summed E-state index contributed by atoms with van der Waals surface area (Å²) >= 11 is 0. The van der Waals surface area contributed by atoms with Gasteiger partial charge in [0.25, 0.3) is 17.5 Å². The highest BCUT2D eigenvalue weighted by atomic mass is 16.6. The number of carbonyl (C=O) groups is 2. The molecule has 1 aliphatic rings. The first-order valence-corrected chi connectivity index (χ1v) is 9.34. The van der Waals surface area contributed by atoms with Crippen molar-refractivity contribution in [1.29, 1.82) is 0 Å². The van der Waals surface area contributed by atoms with Crippen LogP contribution in [0.15, 0.2) is 42.5 Å². The third kappa shape index (κ3) is 5.68. The first-order chi connectivity index (χ1) is 13.9. The zero-order chi connectivity index (χ0) is 20.8. The Balaban J connectivity index is 1.45. The van der Waals surface area contributed by atoms with E-state index in [-0.39, 0.29) is 28.9 Å². The maximum absolute atomic E-state index is 12.3. The molecule has 0 radical (unpaired) electrons. The van der Waals surface area contributed by atoms with Crippen LogP contribution in [0.25, 0.3) is 0 Å². The van der Waals surface area contributed by atoms with Crippen molar-refractivity contribution in [2.24, 2.45) is 0 Å². The maximum atomic E-state index is 12.3. The molecule has 2 amide bonds. The van der Waals surface area contributed by atoms with E-state index in [2.05, 4.69) is 16.0 Å². The highest BCUT2D eigenvalue weighted by Crippen LogP contribution is 2.31. The average Bonchev–Trinajstić information content (AvgIpc) is 3.52. The summed E-state index contributed by atoms with van der Waals surface area (Å²) in [4.78, 5) is 35.0. The molecule has 152 valence electrons. The Morgan fingerprint density at radius 2 is 1.59 bits per heavy atom. The Labute approximate surface area is 167 Å². The van der Waals surface area contributed by atoms with Crippen LogP contribution in [-0.2, 0) is 0 Å². The van der Waals surface area contributed by atoms with Crippen LogP contribution in [0.1, 0.15) is 40.0 Å². The van der Waals surface area contributed by atoms with Gasteiger partial charge in [0.1, 0.15) is 11.4 Å². The van der Waals surface area contributed by atoms with Crippen molar-refractivity contribution in [3.63, 3.8) is 0 Å². The molecule has 29 heavy (non-hydrogen) atoms. The number of aromatic hydroxyl groups is 1. The van der Waals surface area contributed by atoms with Gasteiger partial charge >= 0.3 is 0 Å². The number of anilines is 1. The second kappa shape index (κ2) is 9.05. The molecule has 1 aliphatic carbocycles. The Hall–Kier alpha value is -3.62. The standard InChI is InChI=1S/C20H22N4O5/c25-16-7-2-13(3-8-16)19(26)21-10-1-11-22-20(27)14-4-9-17(23-15-5-6-15)18(12-14)24(28)29/h2-4,7-9,12,15,23,25H,1,5-6,10-11H2,(H,21,26)(H,22,27). The number of nitro groups is 1. The predicted octanol–water partition coefficient (Wildman–Crippen LogP) is 2.42. The molecule has 9 heteroatoms. The van der Waals surface area contributed by atoms with Crippen LogP contribution < -0.4 is 16.0 Å². The van der Waals surface area contributed by atoms with Gasteiger partial charge in [-0.3, -0.25) is 19.7 Å². The number of hydrogen-bond donors (Lipinski definition) is 4. The van der Waals surface area contributed by atoms with Crippen molar-refractivity contribution in [3.05, 3.63) is 63.7 Å². The van der Waals surface area contributed by atoms with Crippen LogP contribution in [-0.4, -0.2) is 41.0 Å². The third-order valence-corrected chi connectivity index (χ3v) is 4.45. The van der Waals surface area contributed by atoms with E-state index in [0.29, 0.717) is 30.8 Å². The van der Waals surface area contributed by atoms with Gasteiger partial charge in [0.05, 0.1) is 4.92 Å². The van der Waals surface area contributed by atoms with Crippen LogP contribution in [0.3, 0.4) is 0 Å². The van der Waals surface area contributed by atoms with Crippen molar-refractivity contribution in [2.45, 2.75) is 25.3 Å². The molecule has 0 aromatic heterocycles. The smallest absolute Gasteiger partial charge is 0.293 e. The van der Waals surface area contributed by atoms with Crippen molar-refractivity contribution in [3.8, 4) is 5.75 Å². The highest BCUT2D eigenvalue weighted by molar-refractivity contribution is 5.96. The number of phenols is 1. The summed E-state index contributed by atoms with van der Waals surface area (Å²) < 4.78 is 0. The molecule has 2 aromatic rings. The van der Waals surface area contributed by atoms with E-state index >= 15 is 0 Å². The number of phenolic OH excluding ortho intramolecular Hbond substituents is 1. The molecule has 0 spiro atoms. The van der Waals surface area contributed by atoms with Gasteiger partial charge in [0, 0.05) is 36.3 Å². The Morgan fingerprint density at radius 3 is 2.17 bits per heavy atom. The molecule has 0 bridgehead atoms. The maximum Gasteiger partial charge on any atom is 0.293 e. The molecule has 4 N–H and O–H groups in total. The molecule has 0 aliphatic heterocycles. The molecule has 0 unspecified atom stereocenters. The molecule has 1 fully saturated rings. The molecule has 0 atom stereocenters. The molecule has 0 saturated heterocycles. The van der Waals surface area contributed by atoms with Crippen molar-refractivity contribution >= 4 is 23.2 Å². The number of rotatable bonds is 9. The minimum absolute atomic E-state index is 0.0841. The number of carbonyl (C=O) groups excluding carboxylic acids is 2. The summed E-state index contributed by atoms with van der Waals surface area (Å²) in [5.74, 6) is -0.595. The van der Waals surface area contributed by atoms with Crippen molar-refractivity contribution in [2.75, 3.05) is 18.4 Å². The van der Waals surface area contributed by atoms with Gasteiger partial charge in [-0.05, 0) is 55.7 Å². The second-order valence-corrected chi connectivity index (χ2v) is 6.82. The fourth-order valence-electron chi connectivity index (χ4n) is 2.70. The van der Waals surface area contributed by atoms with Gasteiger partial charge in [-0.25, -0.2) is 0 Å². The van der Waals surface area contributed by atoms with E-state index in [1.165, 1.54) is 30.3 Å². The lowest BCUT2D eigenvalue weighted by Crippen LogP contribution is -2.29. The molecular weight excluding hydrogens is 376 g/mol. The quantitative estimate of drug-likeness (QED) is 0.291. The number of benzene rings is 2. The van der Waals surface area contributed by atoms with Crippen LogP contribution in [0, 0.1) is 10.1 Å². The van der Waals surface area contributed by atoms with Gasteiger partial charge in [-0.2, -0.15) is 0 Å². The zero-order valence-corrected chi connectivity index (χ0v) is 15.7. The number of hydrogen-bond acceptors (Lipinski definition) is 6. The lowest BCUT2D eigenvalue weighted by molar-refractivity contribution is -0.384. The summed E-state index contributed by atoms with van der Waals surface area (Å²) in [5, 5.41) is 29.0. The van der Waals surface area contributed by atoms with E-state index in [0.717, 1.165) is 12.8 Å². The second-order valence-electron chi connectivity index (χ2n) is 6.82. The first kappa shape index (κ1) is 20.1. The summed E-state index contributed by atoms with van der Waals surface area (Å²) in [6.45, 7) is 0.662. The van der Waals surface area contributed by atoms with Crippen LogP contribution in [0.5, 0.6) is 5.75 Å². The van der Waals surface area contributed by atoms with Crippen LogP contribution in [0.4, 0.5) is 11.4 Å². The molecule has 0 heterocycles. The summed E-state index contributed by atoms with van der Waals surface area (Å²) in [5.41, 5.74) is 0.946. The predicted molar refractivity (Wildman–Crippen MR) is 107 cm³/mol. The van der Waals surface area contributed by atoms with Crippen molar-refractivity contribution in [1.82, 2.24) is 10.6 Å². The topological polar surface area (TPSA) is 134 Å². The van der Waals surface area contributed by atoms with Crippen molar-refractivity contribution < 1.29 is 19.6 Å². The molecular formula is C20H22N4O5. The molecule has 1 saturated carbocycles.